The molecule has 0 aliphatic carbocycles. The van der Waals surface area contributed by atoms with Gasteiger partial charge in [0.25, 0.3) is 0 Å². The van der Waals surface area contributed by atoms with Crippen molar-refractivity contribution >= 4 is 29.1 Å². The molecule has 2 rings (SSSR count). The lowest BCUT2D eigenvalue weighted by Gasteiger charge is -2.06. The summed E-state index contributed by atoms with van der Waals surface area (Å²) < 4.78 is 0. The van der Waals surface area contributed by atoms with E-state index in [1.165, 1.54) is 16.7 Å². The number of carboxylic acid groups (broad SMARTS) is 1. The molecule has 0 bridgehead atoms. The average molecular weight is 347 g/mol. The molecule has 126 valence electrons. The quantitative estimate of drug-likeness (QED) is 0.665. The maximum atomic E-state index is 11.7. The average Bonchev–Trinajstić information content (AvgIpc) is 3.03. The molecule has 8 heteroatoms. The largest absolute Gasteiger partial charge is 0.476 e. The number of hydrogen-bond donors (Lipinski definition) is 3. The number of thiazole rings is 1. The number of aromatic carboxylic acids is 1. The van der Waals surface area contributed by atoms with Gasteiger partial charge in [-0.2, -0.15) is 0 Å². The van der Waals surface area contributed by atoms with Gasteiger partial charge >= 0.3 is 5.97 Å². The molecule has 0 saturated heterocycles. The summed E-state index contributed by atoms with van der Waals surface area (Å²) in [7, 11) is 0. The standard InChI is InChI=1S/C16H17N3O4S/c20-13(18-9-15-19-12(10-24-15)16(22)23)6-7-17-14(21)8-11-4-2-1-3-5-11/h1-5,10H,6-9H2,(H,17,21)(H,18,20)(H,22,23). The van der Waals surface area contributed by atoms with E-state index in [0.29, 0.717) is 5.01 Å². The van der Waals surface area contributed by atoms with Crippen molar-refractivity contribution in [1.29, 1.82) is 0 Å². The molecule has 1 aromatic carbocycles. The summed E-state index contributed by atoms with van der Waals surface area (Å²) in [6.07, 6.45) is 0.428. The monoisotopic (exact) mass is 347 g/mol. The third kappa shape index (κ3) is 5.81. The molecule has 2 amide bonds. The SMILES string of the molecule is O=C(CCNC(=O)Cc1ccccc1)NCc1nc(C(=O)O)cs1. The fraction of sp³-hybridized carbons (Fsp3) is 0.250. The van der Waals surface area contributed by atoms with Crippen LogP contribution in [0, 0.1) is 0 Å². The second kappa shape index (κ2) is 8.78. The van der Waals surface area contributed by atoms with Crippen LogP contribution in [0.1, 0.15) is 27.5 Å². The highest BCUT2D eigenvalue weighted by molar-refractivity contribution is 7.09. The highest BCUT2D eigenvalue weighted by Crippen LogP contribution is 2.09. The molecular weight excluding hydrogens is 330 g/mol. The molecule has 1 aromatic heterocycles. The summed E-state index contributed by atoms with van der Waals surface area (Å²) in [5, 5.41) is 16.0. The smallest absolute Gasteiger partial charge is 0.355 e. The lowest BCUT2D eigenvalue weighted by Crippen LogP contribution is -2.31. The summed E-state index contributed by atoms with van der Waals surface area (Å²) in [6, 6.07) is 9.35. The lowest BCUT2D eigenvalue weighted by molar-refractivity contribution is -0.122. The number of nitrogens with zero attached hydrogens (tertiary/aromatic N) is 1. The topological polar surface area (TPSA) is 108 Å². The molecular formula is C16H17N3O4S. The molecule has 0 fully saturated rings. The molecule has 7 nitrogen and oxygen atoms in total. The fourth-order valence-corrected chi connectivity index (χ4v) is 2.62. The Kier molecular flexibility index (Phi) is 6.44. The molecule has 0 aliphatic heterocycles. The minimum Gasteiger partial charge on any atom is -0.476 e. The van der Waals surface area contributed by atoms with Gasteiger partial charge in [-0.05, 0) is 5.56 Å². The Bertz CT molecular complexity index is 715. The van der Waals surface area contributed by atoms with Gasteiger partial charge in [-0.1, -0.05) is 30.3 Å². The molecule has 2 aromatic rings. The van der Waals surface area contributed by atoms with Crippen molar-refractivity contribution in [3.8, 4) is 0 Å². The van der Waals surface area contributed by atoms with Crippen LogP contribution in [0.3, 0.4) is 0 Å². The van der Waals surface area contributed by atoms with Crippen LogP contribution in [-0.2, 0) is 22.6 Å². The van der Waals surface area contributed by atoms with Gasteiger partial charge in [0.2, 0.25) is 11.8 Å². The van der Waals surface area contributed by atoms with Crippen LogP contribution < -0.4 is 10.6 Å². The van der Waals surface area contributed by atoms with Crippen LogP contribution >= 0.6 is 11.3 Å². The predicted molar refractivity (Wildman–Crippen MR) is 88.7 cm³/mol. The fourth-order valence-electron chi connectivity index (χ4n) is 1.91. The zero-order chi connectivity index (χ0) is 17.4. The predicted octanol–water partition coefficient (Wildman–Crippen LogP) is 1.21. The molecule has 3 N–H and O–H groups in total. The Labute approximate surface area is 142 Å². The molecule has 0 radical (unpaired) electrons. The Hall–Kier alpha value is -2.74. The van der Waals surface area contributed by atoms with E-state index < -0.39 is 5.97 Å². The molecule has 0 aliphatic rings. The van der Waals surface area contributed by atoms with E-state index >= 15 is 0 Å². The number of carbonyl (C=O) groups excluding carboxylic acids is 2. The number of nitrogens with one attached hydrogen (secondary N) is 2. The number of carboxylic acids is 1. The number of hydrogen-bond acceptors (Lipinski definition) is 5. The van der Waals surface area contributed by atoms with Crippen molar-refractivity contribution in [2.45, 2.75) is 19.4 Å². The van der Waals surface area contributed by atoms with Crippen LogP contribution in [0.15, 0.2) is 35.7 Å². The first-order valence-corrected chi connectivity index (χ1v) is 8.17. The van der Waals surface area contributed by atoms with E-state index in [2.05, 4.69) is 15.6 Å². The van der Waals surface area contributed by atoms with Crippen molar-refractivity contribution in [3.05, 3.63) is 52.0 Å². The summed E-state index contributed by atoms with van der Waals surface area (Å²) in [5.74, 6) is -1.47. The van der Waals surface area contributed by atoms with Gasteiger partial charge in [0.05, 0.1) is 13.0 Å². The van der Waals surface area contributed by atoms with Gasteiger partial charge in [0.15, 0.2) is 5.69 Å². The molecule has 1 heterocycles. The normalized spacial score (nSPS) is 10.2. The van der Waals surface area contributed by atoms with Crippen LogP contribution in [0.5, 0.6) is 0 Å². The van der Waals surface area contributed by atoms with E-state index in [1.54, 1.807) is 0 Å². The Morgan fingerprint density at radius 1 is 1.08 bits per heavy atom. The number of rotatable bonds is 8. The van der Waals surface area contributed by atoms with Crippen molar-refractivity contribution < 1.29 is 19.5 Å². The summed E-state index contributed by atoms with van der Waals surface area (Å²) in [4.78, 5) is 38.0. The maximum Gasteiger partial charge on any atom is 0.355 e. The zero-order valence-corrected chi connectivity index (χ0v) is 13.6. The number of benzene rings is 1. The zero-order valence-electron chi connectivity index (χ0n) is 12.8. The second-order valence-corrected chi connectivity index (χ2v) is 5.91. The van der Waals surface area contributed by atoms with Crippen LogP contribution in [0.25, 0.3) is 0 Å². The highest BCUT2D eigenvalue weighted by atomic mass is 32.1. The van der Waals surface area contributed by atoms with Crippen LogP contribution in [0.2, 0.25) is 0 Å². The van der Waals surface area contributed by atoms with Crippen molar-refractivity contribution in [1.82, 2.24) is 15.6 Å². The first-order chi connectivity index (χ1) is 11.5. The number of aromatic nitrogens is 1. The molecule has 0 atom stereocenters. The third-order valence-corrected chi connectivity index (χ3v) is 3.94. The first-order valence-electron chi connectivity index (χ1n) is 7.29. The van der Waals surface area contributed by atoms with E-state index in [-0.39, 0.29) is 43.4 Å². The van der Waals surface area contributed by atoms with Gasteiger partial charge in [0, 0.05) is 18.3 Å². The van der Waals surface area contributed by atoms with Gasteiger partial charge in [0.1, 0.15) is 5.01 Å². The van der Waals surface area contributed by atoms with Crippen molar-refractivity contribution in [2.24, 2.45) is 0 Å². The Morgan fingerprint density at radius 3 is 2.50 bits per heavy atom. The third-order valence-electron chi connectivity index (χ3n) is 3.09. The van der Waals surface area contributed by atoms with Gasteiger partial charge < -0.3 is 15.7 Å². The molecule has 24 heavy (non-hydrogen) atoms. The summed E-state index contributed by atoms with van der Waals surface area (Å²) in [6.45, 7) is 0.421. The lowest BCUT2D eigenvalue weighted by atomic mass is 10.1. The maximum absolute atomic E-state index is 11.7. The van der Waals surface area contributed by atoms with Crippen molar-refractivity contribution in [3.63, 3.8) is 0 Å². The first kappa shape index (κ1) is 17.6. The Balaban J connectivity index is 1.64. The van der Waals surface area contributed by atoms with Gasteiger partial charge in [-0.15, -0.1) is 11.3 Å². The van der Waals surface area contributed by atoms with Crippen LogP contribution in [0.4, 0.5) is 0 Å². The molecule has 0 unspecified atom stereocenters. The van der Waals surface area contributed by atoms with E-state index in [0.717, 1.165) is 5.56 Å². The van der Waals surface area contributed by atoms with Crippen molar-refractivity contribution in [2.75, 3.05) is 6.54 Å². The van der Waals surface area contributed by atoms with Gasteiger partial charge in [-0.25, -0.2) is 9.78 Å². The Morgan fingerprint density at radius 2 is 1.83 bits per heavy atom. The van der Waals surface area contributed by atoms with E-state index in [4.69, 9.17) is 5.11 Å². The van der Waals surface area contributed by atoms with E-state index in [1.807, 2.05) is 30.3 Å². The highest BCUT2D eigenvalue weighted by Gasteiger charge is 2.10. The molecule has 0 spiro atoms. The number of amides is 2. The molecule has 0 saturated carbocycles. The second-order valence-electron chi connectivity index (χ2n) is 4.97. The van der Waals surface area contributed by atoms with Crippen LogP contribution in [-0.4, -0.2) is 34.4 Å². The minimum atomic E-state index is -1.09. The summed E-state index contributed by atoms with van der Waals surface area (Å²) in [5.41, 5.74) is 0.884. The van der Waals surface area contributed by atoms with Gasteiger partial charge in [-0.3, -0.25) is 9.59 Å². The summed E-state index contributed by atoms with van der Waals surface area (Å²) >= 11 is 1.17. The minimum absolute atomic E-state index is 0.0302. The van der Waals surface area contributed by atoms with E-state index in [9.17, 15) is 14.4 Å². The number of carbonyl (C=O) groups is 3.